The van der Waals surface area contributed by atoms with Crippen molar-refractivity contribution in [1.29, 1.82) is 0 Å². The summed E-state index contributed by atoms with van der Waals surface area (Å²) in [6, 6.07) is 16.5. The van der Waals surface area contributed by atoms with E-state index in [2.05, 4.69) is 5.32 Å². The number of amides is 1. The van der Waals surface area contributed by atoms with Gasteiger partial charge in [0.2, 0.25) is 11.7 Å². The Bertz CT molecular complexity index is 855. The molecule has 1 aromatic heterocycles. The molecular weight excluding hydrogens is 290 g/mol. The summed E-state index contributed by atoms with van der Waals surface area (Å²) in [5.74, 6) is 0.0119. The molecule has 0 saturated carbocycles. The van der Waals surface area contributed by atoms with Gasteiger partial charge in [0.05, 0.1) is 0 Å². The minimum atomic E-state index is -0.188. The molecule has 1 N–H and O–H groups in total. The van der Waals surface area contributed by atoms with E-state index in [0.717, 1.165) is 16.6 Å². The fourth-order valence-corrected chi connectivity index (χ4v) is 2.24. The largest absolute Gasteiger partial charge is 0.453 e. The Kier molecular flexibility index (Phi) is 4.06. The predicted molar refractivity (Wildman–Crippen MR) is 90.3 cm³/mol. The topological polar surface area (TPSA) is 59.3 Å². The molecule has 4 nitrogen and oxygen atoms in total. The number of para-hydroxylation sites is 1. The first-order valence-electron chi connectivity index (χ1n) is 7.20. The van der Waals surface area contributed by atoms with Crippen molar-refractivity contribution in [3.05, 3.63) is 72.0 Å². The average molecular weight is 305 g/mol. The van der Waals surface area contributed by atoms with Crippen LogP contribution in [0.3, 0.4) is 0 Å². The maximum absolute atomic E-state index is 12.2. The van der Waals surface area contributed by atoms with Crippen molar-refractivity contribution < 1.29 is 14.0 Å². The van der Waals surface area contributed by atoms with Gasteiger partial charge < -0.3 is 9.73 Å². The zero-order valence-corrected chi connectivity index (χ0v) is 12.6. The first-order chi connectivity index (χ1) is 11.1. The molecule has 0 fully saturated rings. The Morgan fingerprint density at radius 1 is 1.04 bits per heavy atom. The minimum absolute atomic E-state index is 0.117. The van der Waals surface area contributed by atoms with Crippen LogP contribution in [0.25, 0.3) is 17.0 Å². The Hall–Kier alpha value is -3.14. The van der Waals surface area contributed by atoms with Gasteiger partial charge in [0.1, 0.15) is 5.58 Å². The smallest absolute Gasteiger partial charge is 0.221 e. The van der Waals surface area contributed by atoms with Gasteiger partial charge in [0.25, 0.3) is 0 Å². The molecule has 0 radical (unpaired) electrons. The van der Waals surface area contributed by atoms with E-state index in [1.54, 1.807) is 24.3 Å². The van der Waals surface area contributed by atoms with Gasteiger partial charge in [-0.1, -0.05) is 36.4 Å². The summed E-state index contributed by atoms with van der Waals surface area (Å²) in [4.78, 5) is 23.1. The van der Waals surface area contributed by atoms with Crippen molar-refractivity contribution in [2.75, 3.05) is 5.32 Å². The molecular formula is C19H15NO3. The standard InChI is InChI=1S/C19H15NO3/c1-13(21)20-16-9-6-14(7-10-16)8-11-17(22)19-12-15-4-2-3-5-18(15)23-19/h2-12H,1H3,(H,20,21)/b11-8+. The Labute approximate surface area is 133 Å². The van der Waals surface area contributed by atoms with Crippen molar-refractivity contribution in [3.63, 3.8) is 0 Å². The number of furan rings is 1. The zero-order valence-electron chi connectivity index (χ0n) is 12.6. The number of hydrogen-bond acceptors (Lipinski definition) is 3. The van der Waals surface area contributed by atoms with Gasteiger partial charge in [-0.05, 0) is 35.9 Å². The van der Waals surface area contributed by atoms with Crippen LogP contribution in [0, 0.1) is 0 Å². The molecule has 4 heteroatoms. The summed E-state index contributed by atoms with van der Waals surface area (Å²) in [6.45, 7) is 1.46. The molecule has 1 heterocycles. The van der Waals surface area contributed by atoms with Crippen molar-refractivity contribution >= 4 is 34.4 Å². The number of allylic oxidation sites excluding steroid dienone is 1. The van der Waals surface area contributed by atoms with E-state index in [0.29, 0.717) is 11.3 Å². The van der Waals surface area contributed by atoms with Gasteiger partial charge in [0, 0.05) is 18.0 Å². The average Bonchev–Trinajstić information content (AvgIpc) is 2.97. The van der Waals surface area contributed by atoms with Crippen LogP contribution in [0.15, 0.2) is 65.1 Å². The second-order valence-corrected chi connectivity index (χ2v) is 5.15. The van der Waals surface area contributed by atoms with Crippen LogP contribution in [0.2, 0.25) is 0 Å². The summed E-state index contributed by atoms with van der Waals surface area (Å²) < 4.78 is 5.53. The van der Waals surface area contributed by atoms with Gasteiger partial charge in [0.15, 0.2) is 5.76 Å². The summed E-state index contributed by atoms with van der Waals surface area (Å²) in [5.41, 5.74) is 2.28. The summed E-state index contributed by atoms with van der Waals surface area (Å²) in [5, 5.41) is 3.60. The lowest BCUT2D eigenvalue weighted by molar-refractivity contribution is -0.114. The van der Waals surface area contributed by atoms with E-state index in [1.165, 1.54) is 13.0 Å². The fraction of sp³-hybridized carbons (Fsp3) is 0.0526. The lowest BCUT2D eigenvalue weighted by atomic mass is 10.1. The van der Waals surface area contributed by atoms with E-state index in [-0.39, 0.29) is 11.7 Å². The van der Waals surface area contributed by atoms with Crippen LogP contribution in [0.1, 0.15) is 23.0 Å². The maximum atomic E-state index is 12.2. The third-order valence-electron chi connectivity index (χ3n) is 3.33. The molecule has 0 spiro atoms. The van der Waals surface area contributed by atoms with Crippen LogP contribution in [0.4, 0.5) is 5.69 Å². The molecule has 0 aliphatic rings. The molecule has 0 unspecified atom stereocenters. The van der Waals surface area contributed by atoms with E-state index < -0.39 is 0 Å². The molecule has 3 aromatic rings. The molecule has 0 aliphatic heterocycles. The Morgan fingerprint density at radius 2 is 1.78 bits per heavy atom. The van der Waals surface area contributed by atoms with Crippen molar-refractivity contribution in [2.24, 2.45) is 0 Å². The lowest BCUT2D eigenvalue weighted by Crippen LogP contribution is -2.05. The van der Waals surface area contributed by atoms with Crippen molar-refractivity contribution in [3.8, 4) is 0 Å². The highest BCUT2D eigenvalue weighted by Gasteiger charge is 2.08. The maximum Gasteiger partial charge on any atom is 0.221 e. The molecule has 0 bridgehead atoms. The number of anilines is 1. The number of nitrogens with one attached hydrogen (secondary N) is 1. The Morgan fingerprint density at radius 3 is 2.48 bits per heavy atom. The number of carbonyl (C=O) groups excluding carboxylic acids is 2. The van der Waals surface area contributed by atoms with E-state index in [9.17, 15) is 9.59 Å². The fourth-order valence-electron chi connectivity index (χ4n) is 2.24. The molecule has 0 atom stereocenters. The third kappa shape index (κ3) is 3.55. The third-order valence-corrected chi connectivity index (χ3v) is 3.33. The number of ketones is 1. The lowest BCUT2D eigenvalue weighted by Gasteiger charge is -2.01. The van der Waals surface area contributed by atoms with Crippen LogP contribution in [-0.2, 0) is 4.79 Å². The molecule has 0 saturated heterocycles. The first-order valence-corrected chi connectivity index (χ1v) is 7.20. The van der Waals surface area contributed by atoms with Gasteiger partial charge in [-0.2, -0.15) is 0 Å². The number of rotatable bonds is 4. The van der Waals surface area contributed by atoms with Crippen LogP contribution >= 0.6 is 0 Å². The monoisotopic (exact) mass is 305 g/mol. The highest BCUT2D eigenvalue weighted by molar-refractivity contribution is 6.07. The summed E-state index contributed by atoms with van der Waals surface area (Å²) >= 11 is 0. The highest BCUT2D eigenvalue weighted by Crippen LogP contribution is 2.19. The number of fused-ring (bicyclic) bond motifs is 1. The van der Waals surface area contributed by atoms with Crippen molar-refractivity contribution in [1.82, 2.24) is 0 Å². The van der Waals surface area contributed by atoms with Gasteiger partial charge in [-0.3, -0.25) is 9.59 Å². The van der Waals surface area contributed by atoms with E-state index >= 15 is 0 Å². The van der Waals surface area contributed by atoms with Crippen LogP contribution < -0.4 is 5.32 Å². The van der Waals surface area contributed by atoms with Gasteiger partial charge in [-0.25, -0.2) is 0 Å². The van der Waals surface area contributed by atoms with Gasteiger partial charge >= 0.3 is 0 Å². The molecule has 1 amide bonds. The Balaban J connectivity index is 1.73. The second-order valence-electron chi connectivity index (χ2n) is 5.15. The first kappa shape index (κ1) is 14.8. The van der Waals surface area contributed by atoms with Gasteiger partial charge in [-0.15, -0.1) is 0 Å². The van der Waals surface area contributed by atoms with Crippen molar-refractivity contribution in [2.45, 2.75) is 6.92 Å². The summed E-state index contributed by atoms with van der Waals surface area (Å²) in [7, 11) is 0. The number of carbonyl (C=O) groups is 2. The van der Waals surface area contributed by atoms with Crippen LogP contribution in [0.5, 0.6) is 0 Å². The minimum Gasteiger partial charge on any atom is -0.453 e. The molecule has 2 aromatic carbocycles. The second kappa shape index (κ2) is 6.32. The van der Waals surface area contributed by atoms with E-state index in [4.69, 9.17) is 4.42 Å². The molecule has 23 heavy (non-hydrogen) atoms. The number of hydrogen-bond donors (Lipinski definition) is 1. The highest BCUT2D eigenvalue weighted by atomic mass is 16.3. The number of benzene rings is 2. The molecule has 3 rings (SSSR count). The quantitative estimate of drug-likeness (QED) is 0.578. The predicted octanol–water partition coefficient (Wildman–Crippen LogP) is 4.29. The summed E-state index contributed by atoms with van der Waals surface area (Å²) in [6.07, 6.45) is 3.19. The molecule has 0 aliphatic carbocycles. The SMILES string of the molecule is CC(=O)Nc1ccc(/C=C/C(=O)c2cc3ccccc3o2)cc1. The normalized spacial score (nSPS) is 11.0. The zero-order chi connectivity index (χ0) is 16.2. The van der Waals surface area contributed by atoms with E-state index in [1.807, 2.05) is 36.4 Å². The van der Waals surface area contributed by atoms with Crippen LogP contribution in [-0.4, -0.2) is 11.7 Å². The molecule has 114 valence electrons.